The van der Waals surface area contributed by atoms with Gasteiger partial charge in [0.15, 0.2) is 17.2 Å². The van der Waals surface area contributed by atoms with Crippen LogP contribution in [0.25, 0.3) is 0 Å². The first kappa shape index (κ1) is 29.0. The third kappa shape index (κ3) is 8.08. The Morgan fingerprint density at radius 3 is 1.61 bits per heavy atom. The molecule has 0 spiro atoms. The zero-order chi connectivity index (χ0) is 27.8. The SMILES string of the molecule is Nc1ccc(N)c(S(=O)(=O)O)c1.O=C(O)c1ccc(C(=O)O)c(C(=O)O)c1.Oc1cccc(O)c1O. The molecule has 0 heterocycles. The second-order valence-electron chi connectivity index (χ2n) is 6.59. The fraction of sp³-hybridized carbons (Fsp3) is 0. The minimum atomic E-state index is -4.26. The summed E-state index contributed by atoms with van der Waals surface area (Å²) in [7, 11) is -4.26. The molecule has 0 bridgehead atoms. The number of nitrogens with two attached hydrogens (primary N) is 2. The molecule has 0 aliphatic rings. The lowest BCUT2D eigenvalue weighted by Crippen LogP contribution is -2.10. The highest BCUT2D eigenvalue weighted by molar-refractivity contribution is 7.86. The zero-order valence-electron chi connectivity index (χ0n) is 17.9. The highest BCUT2D eigenvalue weighted by atomic mass is 32.2. The van der Waals surface area contributed by atoms with Crippen molar-refractivity contribution in [2.24, 2.45) is 0 Å². The van der Waals surface area contributed by atoms with Crippen molar-refractivity contribution in [2.75, 3.05) is 11.5 Å². The van der Waals surface area contributed by atoms with E-state index in [2.05, 4.69) is 0 Å². The molecule has 0 aromatic heterocycles. The van der Waals surface area contributed by atoms with Gasteiger partial charge in [0.2, 0.25) is 0 Å². The molecule has 0 atom stereocenters. The summed E-state index contributed by atoms with van der Waals surface area (Å²) in [5, 5.41) is 52.0. The Balaban J connectivity index is 0.000000279. The Labute approximate surface area is 202 Å². The van der Waals surface area contributed by atoms with Crippen LogP contribution in [0, 0.1) is 0 Å². The number of hydrogen-bond donors (Lipinski definition) is 9. The highest BCUT2D eigenvalue weighted by Gasteiger charge is 2.18. The van der Waals surface area contributed by atoms with E-state index in [-0.39, 0.29) is 33.3 Å². The minimum absolute atomic E-state index is 0.0216. The van der Waals surface area contributed by atoms with Gasteiger partial charge in [0.25, 0.3) is 10.1 Å². The molecular weight excluding hydrogens is 504 g/mol. The van der Waals surface area contributed by atoms with Gasteiger partial charge < -0.3 is 42.1 Å². The van der Waals surface area contributed by atoms with Gasteiger partial charge >= 0.3 is 17.9 Å². The smallest absolute Gasteiger partial charge is 0.336 e. The lowest BCUT2D eigenvalue weighted by molar-refractivity contribution is 0.0649. The van der Waals surface area contributed by atoms with Crippen molar-refractivity contribution in [1.29, 1.82) is 0 Å². The van der Waals surface area contributed by atoms with Crippen LogP contribution in [0.1, 0.15) is 31.1 Å². The summed E-state index contributed by atoms with van der Waals surface area (Å²) >= 11 is 0. The van der Waals surface area contributed by atoms with E-state index < -0.39 is 44.9 Å². The second kappa shape index (κ2) is 11.9. The van der Waals surface area contributed by atoms with Gasteiger partial charge in [-0.05, 0) is 48.5 Å². The Morgan fingerprint density at radius 2 is 1.22 bits per heavy atom. The van der Waals surface area contributed by atoms with Gasteiger partial charge in [0, 0.05) is 5.69 Å². The first-order valence-corrected chi connectivity index (χ1v) is 10.7. The predicted octanol–water partition coefficient (Wildman–Crippen LogP) is 1.68. The van der Waals surface area contributed by atoms with Crippen LogP contribution >= 0.6 is 0 Å². The molecule has 0 aliphatic carbocycles. The van der Waals surface area contributed by atoms with Gasteiger partial charge in [-0.1, -0.05) is 6.07 Å². The molecular formula is C21H20N2O12S. The van der Waals surface area contributed by atoms with Crippen molar-refractivity contribution in [2.45, 2.75) is 4.90 Å². The van der Waals surface area contributed by atoms with Gasteiger partial charge in [-0.25, -0.2) is 14.4 Å². The van der Waals surface area contributed by atoms with Crippen molar-refractivity contribution < 1.29 is 58.0 Å². The minimum Gasteiger partial charge on any atom is -0.504 e. The number of carboxylic acids is 3. The number of carboxylic acid groups (broad SMARTS) is 3. The van der Waals surface area contributed by atoms with Gasteiger partial charge in [-0.15, -0.1) is 0 Å². The van der Waals surface area contributed by atoms with Crippen LogP contribution in [0.4, 0.5) is 11.4 Å². The van der Waals surface area contributed by atoms with E-state index in [0.717, 1.165) is 24.3 Å². The molecule has 0 saturated heterocycles. The monoisotopic (exact) mass is 524 g/mol. The maximum atomic E-state index is 10.6. The summed E-state index contributed by atoms with van der Waals surface area (Å²) in [4.78, 5) is 31.4. The van der Waals surface area contributed by atoms with E-state index in [4.69, 9.17) is 46.7 Å². The van der Waals surface area contributed by atoms with Crippen LogP contribution in [-0.4, -0.2) is 61.5 Å². The number of phenolic OH excluding ortho intramolecular Hbond substituents is 3. The van der Waals surface area contributed by atoms with Crippen LogP contribution in [0.3, 0.4) is 0 Å². The Bertz CT molecular complexity index is 1380. The van der Waals surface area contributed by atoms with Gasteiger partial charge in [-0.2, -0.15) is 8.42 Å². The fourth-order valence-electron chi connectivity index (χ4n) is 2.33. The maximum absolute atomic E-state index is 10.6. The van der Waals surface area contributed by atoms with Crippen LogP contribution in [0.5, 0.6) is 17.2 Å². The van der Waals surface area contributed by atoms with Gasteiger partial charge in [0.05, 0.1) is 22.4 Å². The molecule has 192 valence electrons. The Hall–Kier alpha value is -5.02. The third-order valence-corrected chi connectivity index (χ3v) is 4.95. The van der Waals surface area contributed by atoms with Gasteiger partial charge in [0.1, 0.15) is 4.90 Å². The summed E-state index contributed by atoms with van der Waals surface area (Å²) in [5.41, 5.74) is 9.54. The molecule has 0 amide bonds. The average Bonchev–Trinajstić information content (AvgIpc) is 2.78. The van der Waals surface area contributed by atoms with Crippen molar-refractivity contribution in [3.63, 3.8) is 0 Å². The molecule has 3 aromatic carbocycles. The molecule has 0 unspecified atom stereocenters. The maximum Gasteiger partial charge on any atom is 0.336 e. The molecule has 0 fully saturated rings. The van der Waals surface area contributed by atoms with E-state index in [1.165, 1.54) is 30.3 Å². The molecule has 14 nitrogen and oxygen atoms in total. The second-order valence-corrected chi connectivity index (χ2v) is 7.98. The Morgan fingerprint density at radius 1 is 0.694 bits per heavy atom. The van der Waals surface area contributed by atoms with Crippen LogP contribution in [0.2, 0.25) is 0 Å². The van der Waals surface area contributed by atoms with Crippen molar-refractivity contribution in [3.05, 3.63) is 71.3 Å². The van der Waals surface area contributed by atoms with E-state index in [9.17, 15) is 22.8 Å². The largest absolute Gasteiger partial charge is 0.504 e. The van der Waals surface area contributed by atoms with Crippen molar-refractivity contribution in [1.82, 2.24) is 0 Å². The topological polar surface area (TPSA) is 279 Å². The van der Waals surface area contributed by atoms with Crippen LogP contribution in [-0.2, 0) is 10.1 Å². The lowest BCUT2D eigenvalue weighted by Gasteiger charge is -2.02. The number of benzene rings is 3. The van der Waals surface area contributed by atoms with E-state index in [1.54, 1.807) is 0 Å². The number of aromatic carboxylic acids is 3. The van der Waals surface area contributed by atoms with Crippen LogP contribution in [0.15, 0.2) is 59.5 Å². The molecule has 11 N–H and O–H groups in total. The molecule has 36 heavy (non-hydrogen) atoms. The van der Waals surface area contributed by atoms with E-state index in [0.29, 0.717) is 0 Å². The standard InChI is InChI=1S/C9H6O6.C6H8N2O3S.C6H6O3/c10-7(11)4-1-2-5(8(12)13)6(3-4)9(14)15;7-4-1-2-5(8)6(3-4)12(9,10)11;7-4-2-1-3-5(8)6(4)9/h1-3H,(H,10,11)(H,12,13)(H,14,15);1-3H,7-8H2,(H,9,10,11);1-3,7-9H. The number of carbonyl (C=O) groups is 3. The molecule has 15 heteroatoms. The number of hydrogen-bond acceptors (Lipinski definition) is 10. The first-order valence-electron chi connectivity index (χ1n) is 9.22. The third-order valence-electron chi connectivity index (χ3n) is 4.04. The summed E-state index contributed by atoms with van der Waals surface area (Å²) in [6.07, 6.45) is 0. The Kier molecular flexibility index (Phi) is 9.60. The highest BCUT2D eigenvalue weighted by Crippen LogP contribution is 2.32. The van der Waals surface area contributed by atoms with E-state index >= 15 is 0 Å². The molecule has 3 aromatic rings. The lowest BCUT2D eigenvalue weighted by atomic mass is 10.0. The number of anilines is 2. The van der Waals surface area contributed by atoms with Gasteiger partial charge in [-0.3, -0.25) is 4.55 Å². The summed E-state index contributed by atoms with van der Waals surface area (Å²) in [5.74, 6) is -5.29. The number of para-hydroxylation sites is 1. The number of nitrogen functional groups attached to an aromatic ring is 2. The predicted molar refractivity (Wildman–Crippen MR) is 124 cm³/mol. The quantitative estimate of drug-likeness (QED) is 0.133. The molecule has 0 aliphatic heterocycles. The average molecular weight is 524 g/mol. The number of phenols is 3. The number of aromatic hydroxyl groups is 3. The fourth-order valence-corrected chi connectivity index (χ4v) is 2.99. The van der Waals surface area contributed by atoms with Crippen molar-refractivity contribution >= 4 is 39.4 Å². The van der Waals surface area contributed by atoms with E-state index in [1.807, 2.05) is 0 Å². The molecule has 0 radical (unpaired) electrons. The summed E-state index contributed by atoms with van der Waals surface area (Å²) in [6.45, 7) is 0. The zero-order valence-corrected chi connectivity index (χ0v) is 18.7. The normalized spacial score (nSPS) is 10.1. The molecule has 3 rings (SSSR count). The summed E-state index contributed by atoms with van der Waals surface area (Å²) < 4.78 is 29.9. The number of rotatable bonds is 4. The first-order chi connectivity index (χ1) is 16.6. The summed E-state index contributed by atoms with van der Waals surface area (Å²) in [6, 6.07) is 10.7. The van der Waals surface area contributed by atoms with Crippen LogP contribution < -0.4 is 11.5 Å². The molecule has 0 saturated carbocycles. The van der Waals surface area contributed by atoms with Crippen molar-refractivity contribution in [3.8, 4) is 17.2 Å².